The number of alkyl halides is 3. The zero-order chi connectivity index (χ0) is 13.9. The molecule has 0 amide bonds. The Kier molecular flexibility index (Phi) is 4.41. The van der Waals surface area contributed by atoms with Gasteiger partial charge in [0.15, 0.2) is 5.82 Å². The number of nitrogens with zero attached hydrogens (tertiary/aromatic N) is 2. The Morgan fingerprint density at radius 2 is 2.21 bits per heavy atom. The van der Waals surface area contributed by atoms with E-state index in [1.54, 1.807) is 0 Å². The Morgan fingerprint density at radius 3 is 2.84 bits per heavy atom. The smallest absolute Gasteiger partial charge is 0.372 e. The van der Waals surface area contributed by atoms with Gasteiger partial charge in [-0.1, -0.05) is 12.1 Å². The maximum absolute atomic E-state index is 11.9. The normalized spacial score (nSPS) is 24.0. The molecule has 1 aromatic heterocycles. The molecule has 1 aromatic rings. The Morgan fingerprint density at radius 1 is 1.42 bits per heavy atom. The molecule has 0 radical (unpaired) electrons. The van der Waals surface area contributed by atoms with Crippen LogP contribution < -0.4 is 5.32 Å². The summed E-state index contributed by atoms with van der Waals surface area (Å²) in [6.07, 6.45) is -4.08. The minimum atomic E-state index is -4.30. The summed E-state index contributed by atoms with van der Waals surface area (Å²) < 4.78 is 45.2. The highest BCUT2D eigenvalue weighted by atomic mass is 19.4. The molecule has 1 fully saturated rings. The van der Waals surface area contributed by atoms with Crippen LogP contribution in [0, 0.1) is 5.92 Å². The summed E-state index contributed by atoms with van der Waals surface area (Å²) in [5, 5.41) is 6.98. The summed E-state index contributed by atoms with van der Waals surface area (Å²) in [5.74, 6) is 1.52. The van der Waals surface area contributed by atoms with Crippen LogP contribution in [0.15, 0.2) is 4.52 Å². The first-order valence-electron chi connectivity index (χ1n) is 6.13. The fraction of sp³-hybridized carbons (Fsp3) is 0.818. The minimum absolute atomic E-state index is 0.0725. The van der Waals surface area contributed by atoms with Crippen LogP contribution in [0.3, 0.4) is 0 Å². The lowest BCUT2D eigenvalue weighted by molar-refractivity contribution is -0.173. The van der Waals surface area contributed by atoms with Crippen LogP contribution in [-0.2, 0) is 11.2 Å². The van der Waals surface area contributed by atoms with Gasteiger partial charge >= 0.3 is 6.18 Å². The van der Waals surface area contributed by atoms with E-state index in [2.05, 4.69) is 27.1 Å². The highest BCUT2D eigenvalue weighted by molar-refractivity contribution is 5.00. The standard InChI is InChI=1S/C11H16F3N3O2/c1-7-4-15-5-8(7)10-16-9(17-19-10)2-3-18-6-11(12,13)14/h7-8,15H,2-6H2,1H3/t7-,8-/m1/s1. The molecule has 19 heavy (non-hydrogen) atoms. The second-order valence-corrected chi connectivity index (χ2v) is 4.71. The Balaban J connectivity index is 1.78. The van der Waals surface area contributed by atoms with Gasteiger partial charge in [0.2, 0.25) is 5.89 Å². The Labute approximate surface area is 108 Å². The molecule has 0 bridgehead atoms. The summed E-state index contributed by atoms with van der Waals surface area (Å²) >= 11 is 0. The second-order valence-electron chi connectivity index (χ2n) is 4.71. The third kappa shape index (κ3) is 4.17. The molecule has 2 heterocycles. The van der Waals surface area contributed by atoms with Crippen LogP contribution in [0.2, 0.25) is 0 Å². The van der Waals surface area contributed by atoms with Gasteiger partial charge in [0.25, 0.3) is 0 Å². The molecule has 0 saturated carbocycles. The van der Waals surface area contributed by atoms with E-state index in [0.29, 0.717) is 17.6 Å². The third-order valence-electron chi connectivity index (χ3n) is 3.05. The Bertz CT molecular complexity index is 408. The molecule has 108 valence electrons. The van der Waals surface area contributed by atoms with Gasteiger partial charge in [-0.25, -0.2) is 0 Å². The van der Waals surface area contributed by atoms with Gasteiger partial charge in [-0.05, 0) is 12.5 Å². The zero-order valence-electron chi connectivity index (χ0n) is 10.5. The van der Waals surface area contributed by atoms with Crippen LogP contribution in [0.5, 0.6) is 0 Å². The lowest BCUT2D eigenvalue weighted by Crippen LogP contribution is -2.18. The maximum Gasteiger partial charge on any atom is 0.411 e. The van der Waals surface area contributed by atoms with E-state index in [1.807, 2.05) is 0 Å². The van der Waals surface area contributed by atoms with Crippen LogP contribution in [0.25, 0.3) is 0 Å². The summed E-state index contributed by atoms with van der Waals surface area (Å²) in [6, 6.07) is 0. The zero-order valence-corrected chi connectivity index (χ0v) is 10.5. The van der Waals surface area contributed by atoms with Crippen LogP contribution in [-0.4, -0.2) is 42.6 Å². The molecule has 2 rings (SSSR count). The van der Waals surface area contributed by atoms with Crippen LogP contribution in [0.4, 0.5) is 13.2 Å². The predicted molar refractivity (Wildman–Crippen MR) is 59.7 cm³/mol. The van der Waals surface area contributed by atoms with Crippen molar-refractivity contribution in [2.24, 2.45) is 5.92 Å². The number of halogens is 3. The molecule has 0 aliphatic carbocycles. The number of ether oxygens (including phenoxy) is 1. The lowest BCUT2D eigenvalue weighted by atomic mass is 9.98. The first-order valence-corrected chi connectivity index (χ1v) is 6.13. The molecule has 0 aromatic carbocycles. The first kappa shape index (κ1) is 14.3. The van der Waals surface area contributed by atoms with Gasteiger partial charge in [-0.15, -0.1) is 0 Å². The van der Waals surface area contributed by atoms with E-state index in [1.165, 1.54) is 0 Å². The van der Waals surface area contributed by atoms with E-state index in [4.69, 9.17) is 4.52 Å². The van der Waals surface area contributed by atoms with Gasteiger partial charge in [-0.2, -0.15) is 18.2 Å². The van der Waals surface area contributed by atoms with Crippen molar-refractivity contribution in [2.75, 3.05) is 26.3 Å². The molecule has 0 unspecified atom stereocenters. The SMILES string of the molecule is C[C@@H]1CNC[C@H]1c1nc(CCOCC(F)(F)F)no1. The predicted octanol–water partition coefficient (Wildman–Crippen LogP) is 1.51. The van der Waals surface area contributed by atoms with Crippen molar-refractivity contribution in [3.05, 3.63) is 11.7 Å². The number of hydrogen-bond acceptors (Lipinski definition) is 5. The maximum atomic E-state index is 11.9. The number of rotatable bonds is 5. The average molecular weight is 279 g/mol. The monoisotopic (exact) mass is 279 g/mol. The Hall–Kier alpha value is -1.15. The van der Waals surface area contributed by atoms with Gasteiger partial charge < -0.3 is 14.6 Å². The summed E-state index contributed by atoms with van der Waals surface area (Å²) in [5.41, 5.74) is 0. The fourth-order valence-corrected chi connectivity index (χ4v) is 2.01. The quantitative estimate of drug-likeness (QED) is 0.828. The van der Waals surface area contributed by atoms with Crippen molar-refractivity contribution >= 4 is 0 Å². The third-order valence-corrected chi connectivity index (χ3v) is 3.05. The molecule has 5 nitrogen and oxygen atoms in total. The highest BCUT2D eigenvalue weighted by Gasteiger charge is 2.30. The van der Waals surface area contributed by atoms with Gasteiger partial charge in [0.05, 0.1) is 12.5 Å². The van der Waals surface area contributed by atoms with E-state index in [9.17, 15) is 13.2 Å². The summed E-state index contributed by atoms with van der Waals surface area (Å²) in [7, 11) is 0. The molecule has 1 N–H and O–H groups in total. The number of aromatic nitrogens is 2. The first-order chi connectivity index (χ1) is 8.96. The highest BCUT2D eigenvalue weighted by Crippen LogP contribution is 2.26. The van der Waals surface area contributed by atoms with Gasteiger partial charge in [0, 0.05) is 13.0 Å². The summed E-state index contributed by atoms with van der Waals surface area (Å²) in [6.45, 7) is 2.45. The largest absolute Gasteiger partial charge is 0.411 e. The van der Waals surface area contributed by atoms with E-state index < -0.39 is 12.8 Å². The van der Waals surface area contributed by atoms with E-state index >= 15 is 0 Å². The number of hydrogen-bond donors (Lipinski definition) is 1. The van der Waals surface area contributed by atoms with Crippen LogP contribution >= 0.6 is 0 Å². The van der Waals surface area contributed by atoms with Crippen molar-refractivity contribution in [3.63, 3.8) is 0 Å². The van der Waals surface area contributed by atoms with Crippen molar-refractivity contribution in [2.45, 2.75) is 25.4 Å². The topological polar surface area (TPSA) is 60.2 Å². The molecular weight excluding hydrogens is 263 g/mol. The number of nitrogens with one attached hydrogen (secondary N) is 1. The average Bonchev–Trinajstić information content (AvgIpc) is 2.91. The van der Waals surface area contributed by atoms with Crippen molar-refractivity contribution in [3.8, 4) is 0 Å². The van der Waals surface area contributed by atoms with Crippen molar-refractivity contribution < 1.29 is 22.4 Å². The minimum Gasteiger partial charge on any atom is -0.372 e. The van der Waals surface area contributed by atoms with Crippen molar-refractivity contribution in [1.82, 2.24) is 15.5 Å². The second kappa shape index (κ2) is 5.87. The van der Waals surface area contributed by atoms with Crippen molar-refractivity contribution in [1.29, 1.82) is 0 Å². The molecule has 2 atom stereocenters. The van der Waals surface area contributed by atoms with Crippen LogP contribution in [0.1, 0.15) is 24.6 Å². The molecule has 8 heteroatoms. The van der Waals surface area contributed by atoms with E-state index in [-0.39, 0.29) is 18.9 Å². The molecule has 0 spiro atoms. The molecule has 1 aliphatic rings. The van der Waals surface area contributed by atoms with Gasteiger partial charge in [0.1, 0.15) is 6.61 Å². The lowest BCUT2D eigenvalue weighted by Gasteiger charge is -2.07. The molecular formula is C11H16F3N3O2. The fourth-order valence-electron chi connectivity index (χ4n) is 2.01. The summed E-state index contributed by atoms with van der Waals surface area (Å²) in [4.78, 5) is 4.20. The van der Waals surface area contributed by atoms with Gasteiger partial charge in [-0.3, -0.25) is 0 Å². The molecule has 1 aliphatic heterocycles. The molecule has 1 saturated heterocycles. The van der Waals surface area contributed by atoms with E-state index in [0.717, 1.165) is 13.1 Å².